The van der Waals surface area contributed by atoms with Crippen molar-refractivity contribution >= 4 is 5.91 Å². The highest BCUT2D eigenvalue weighted by Crippen LogP contribution is 2.09. The number of carbonyl (C=O) groups is 1. The molecule has 1 aliphatic heterocycles. The fourth-order valence-corrected chi connectivity index (χ4v) is 2.40. The Kier molecular flexibility index (Phi) is 4.91. The van der Waals surface area contributed by atoms with E-state index in [9.17, 15) is 9.18 Å². The van der Waals surface area contributed by atoms with Gasteiger partial charge in [-0.25, -0.2) is 4.39 Å². The molecule has 2 rings (SSSR count). The number of nitrogens with one attached hydrogen (secondary N) is 1. The molecule has 1 aliphatic rings. The third-order valence-electron chi connectivity index (χ3n) is 3.56. The number of rotatable bonds is 5. The number of likely N-dealkylation sites (tertiary alicyclic amines) is 1. The molecule has 0 aliphatic carbocycles. The minimum Gasteiger partial charge on any atom is -0.352 e. The Morgan fingerprint density at radius 3 is 2.79 bits per heavy atom. The molecule has 19 heavy (non-hydrogen) atoms. The molecule has 0 atom stereocenters. The highest BCUT2D eigenvalue weighted by molar-refractivity contribution is 5.94. The lowest BCUT2D eigenvalue weighted by Gasteiger charge is -2.14. The van der Waals surface area contributed by atoms with Gasteiger partial charge in [-0.2, -0.15) is 0 Å². The summed E-state index contributed by atoms with van der Waals surface area (Å²) in [5.41, 5.74) is 1.03. The molecule has 0 aromatic heterocycles. The number of amides is 1. The van der Waals surface area contributed by atoms with Crippen molar-refractivity contribution in [2.24, 2.45) is 0 Å². The lowest BCUT2D eigenvalue weighted by atomic mass is 10.1. The smallest absolute Gasteiger partial charge is 0.251 e. The lowest BCUT2D eigenvalue weighted by molar-refractivity contribution is 0.0952. The summed E-state index contributed by atoms with van der Waals surface area (Å²) in [5, 5.41) is 2.88. The molecule has 1 saturated heterocycles. The summed E-state index contributed by atoms with van der Waals surface area (Å²) in [6.07, 6.45) is 3.55. The van der Waals surface area contributed by atoms with Gasteiger partial charge in [0.1, 0.15) is 5.82 Å². The first kappa shape index (κ1) is 14.0. The molecule has 1 aromatic rings. The Hall–Kier alpha value is -1.42. The van der Waals surface area contributed by atoms with E-state index in [0.717, 1.165) is 13.0 Å². The van der Waals surface area contributed by atoms with Crippen molar-refractivity contribution in [3.05, 3.63) is 35.1 Å². The largest absolute Gasteiger partial charge is 0.352 e. The van der Waals surface area contributed by atoms with Gasteiger partial charge >= 0.3 is 0 Å². The molecule has 0 unspecified atom stereocenters. The summed E-state index contributed by atoms with van der Waals surface area (Å²) in [6.45, 7) is 5.75. The molecule has 104 valence electrons. The molecule has 1 amide bonds. The van der Waals surface area contributed by atoms with Crippen LogP contribution in [-0.4, -0.2) is 37.0 Å². The number of hydrogen-bond donors (Lipinski definition) is 1. The zero-order valence-corrected chi connectivity index (χ0v) is 11.4. The molecule has 1 aromatic carbocycles. The van der Waals surface area contributed by atoms with Crippen molar-refractivity contribution < 1.29 is 9.18 Å². The molecule has 0 radical (unpaired) electrons. The van der Waals surface area contributed by atoms with Crippen LogP contribution in [0.2, 0.25) is 0 Å². The molecule has 1 heterocycles. The fraction of sp³-hybridized carbons (Fsp3) is 0.533. The number of benzene rings is 1. The Bertz CT molecular complexity index is 442. The highest BCUT2D eigenvalue weighted by Gasteiger charge is 2.11. The predicted molar refractivity (Wildman–Crippen MR) is 73.8 cm³/mol. The van der Waals surface area contributed by atoms with E-state index in [2.05, 4.69) is 10.2 Å². The van der Waals surface area contributed by atoms with E-state index in [4.69, 9.17) is 0 Å². The molecular formula is C15H21FN2O. The summed E-state index contributed by atoms with van der Waals surface area (Å²) in [4.78, 5) is 14.3. The zero-order chi connectivity index (χ0) is 13.7. The average Bonchev–Trinajstić information content (AvgIpc) is 2.91. The Labute approximate surface area is 113 Å². The third-order valence-corrected chi connectivity index (χ3v) is 3.56. The molecule has 0 bridgehead atoms. The van der Waals surface area contributed by atoms with Crippen LogP contribution in [0, 0.1) is 12.7 Å². The third kappa shape index (κ3) is 4.03. The zero-order valence-electron chi connectivity index (χ0n) is 11.4. The number of aryl methyl sites for hydroxylation is 1. The Morgan fingerprint density at radius 2 is 2.11 bits per heavy atom. The lowest BCUT2D eigenvalue weighted by Crippen LogP contribution is -2.28. The van der Waals surface area contributed by atoms with Crippen molar-refractivity contribution in [3.63, 3.8) is 0 Å². The molecule has 1 fully saturated rings. The van der Waals surface area contributed by atoms with Gasteiger partial charge in [-0.05, 0) is 69.6 Å². The van der Waals surface area contributed by atoms with Crippen LogP contribution in [0.3, 0.4) is 0 Å². The second kappa shape index (κ2) is 6.66. The van der Waals surface area contributed by atoms with E-state index in [0.29, 0.717) is 17.7 Å². The van der Waals surface area contributed by atoms with E-state index < -0.39 is 0 Å². The quantitative estimate of drug-likeness (QED) is 0.828. The first-order chi connectivity index (χ1) is 9.16. The van der Waals surface area contributed by atoms with Crippen molar-refractivity contribution in [3.8, 4) is 0 Å². The van der Waals surface area contributed by atoms with Crippen molar-refractivity contribution in [1.29, 1.82) is 0 Å². The first-order valence-electron chi connectivity index (χ1n) is 6.93. The van der Waals surface area contributed by atoms with E-state index in [1.807, 2.05) is 0 Å². The maximum Gasteiger partial charge on any atom is 0.251 e. The second-order valence-electron chi connectivity index (χ2n) is 5.12. The fourth-order valence-electron chi connectivity index (χ4n) is 2.40. The van der Waals surface area contributed by atoms with Gasteiger partial charge in [-0.1, -0.05) is 0 Å². The van der Waals surface area contributed by atoms with E-state index in [1.54, 1.807) is 13.0 Å². The van der Waals surface area contributed by atoms with Gasteiger partial charge in [0.25, 0.3) is 5.91 Å². The van der Waals surface area contributed by atoms with Crippen molar-refractivity contribution in [2.45, 2.75) is 26.2 Å². The first-order valence-corrected chi connectivity index (χ1v) is 6.93. The number of nitrogens with zero attached hydrogens (tertiary/aromatic N) is 1. The summed E-state index contributed by atoms with van der Waals surface area (Å²) < 4.78 is 13.1. The molecular weight excluding hydrogens is 243 g/mol. The summed E-state index contributed by atoms with van der Waals surface area (Å²) in [5.74, 6) is -0.393. The number of hydrogen-bond acceptors (Lipinski definition) is 2. The maximum absolute atomic E-state index is 13.1. The molecule has 1 N–H and O–H groups in total. The summed E-state index contributed by atoms with van der Waals surface area (Å²) >= 11 is 0. The summed E-state index contributed by atoms with van der Waals surface area (Å²) in [6, 6.07) is 4.46. The highest BCUT2D eigenvalue weighted by atomic mass is 19.1. The van der Waals surface area contributed by atoms with Crippen LogP contribution < -0.4 is 5.32 Å². The average molecular weight is 264 g/mol. The monoisotopic (exact) mass is 264 g/mol. The predicted octanol–water partition coefficient (Wildman–Crippen LogP) is 2.35. The second-order valence-corrected chi connectivity index (χ2v) is 5.12. The van der Waals surface area contributed by atoms with E-state index in [1.165, 1.54) is 38.1 Å². The minimum atomic E-state index is -0.273. The topological polar surface area (TPSA) is 32.3 Å². The van der Waals surface area contributed by atoms with Gasteiger partial charge in [-0.15, -0.1) is 0 Å². The van der Waals surface area contributed by atoms with E-state index >= 15 is 0 Å². The van der Waals surface area contributed by atoms with E-state index in [-0.39, 0.29) is 11.7 Å². The maximum atomic E-state index is 13.1. The summed E-state index contributed by atoms with van der Waals surface area (Å²) in [7, 11) is 0. The molecule has 3 nitrogen and oxygen atoms in total. The van der Waals surface area contributed by atoms with Gasteiger partial charge in [0.05, 0.1) is 0 Å². The minimum absolute atomic E-state index is 0.121. The van der Waals surface area contributed by atoms with Crippen LogP contribution in [0.1, 0.15) is 35.2 Å². The normalized spacial score (nSPS) is 15.7. The van der Waals surface area contributed by atoms with Gasteiger partial charge in [-0.3, -0.25) is 4.79 Å². The Balaban J connectivity index is 1.72. The standard InChI is InChI=1S/C15H21FN2O/c1-12-11-13(5-6-14(12)16)15(19)17-7-4-10-18-8-2-3-9-18/h5-6,11H,2-4,7-10H2,1H3,(H,17,19). The van der Waals surface area contributed by atoms with Crippen LogP contribution in [0.15, 0.2) is 18.2 Å². The van der Waals surface area contributed by atoms with Crippen LogP contribution in [-0.2, 0) is 0 Å². The Morgan fingerprint density at radius 1 is 1.37 bits per heavy atom. The van der Waals surface area contributed by atoms with Gasteiger partial charge in [0.2, 0.25) is 0 Å². The van der Waals surface area contributed by atoms with Crippen molar-refractivity contribution in [1.82, 2.24) is 10.2 Å². The van der Waals surface area contributed by atoms with Crippen molar-refractivity contribution in [2.75, 3.05) is 26.2 Å². The molecule has 0 saturated carbocycles. The molecule has 0 spiro atoms. The van der Waals surface area contributed by atoms with Crippen LogP contribution in [0.4, 0.5) is 4.39 Å². The van der Waals surface area contributed by atoms with Crippen LogP contribution >= 0.6 is 0 Å². The number of carbonyl (C=O) groups excluding carboxylic acids is 1. The van der Waals surface area contributed by atoms with Crippen LogP contribution in [0.25, 0.3) is 0 Å². The molecule has 4 heteroatoms. The van der Waals surface area contributed by atoms with Gasteiger partial charge < -0.3 is 10.2 Å². The van der Waals surface area contributed by atoms with Gasteiger partial charge in [0, 0.05) is 12.1 Å². The number of halogens is 1. The van der Waals surface area contributed by atoms with Gasteiger partial charge in [0.15, 0.2) is 0 Å². The van der Waals surface area contributed by atoms with Crippen LogP contribution in [0.5, 0.6) is 0 Å². The SMILES string of the molecule is Cc1cc(C(=O)NCCCN2CCCC2)ccc1F.